The van der Waals surface area contributed by atoms with Gasteiger partial charge in [0.25, 0.3) is 0 Å². The van der Waals surface area contributed by atoms with Crippen molar-refractivity contribution in [2.75, 3.05) is 5.73 Å². The topological polar surface area (TPSA) is 61.3 Å². The molecule has 1 aromatic carbocycles. The van der Waals surface area contributed by atoms with Crippen LogP contribution >= 0.6 is 0 Å². The molecule has 0 bridgehead atoms. The van der Waals surface area contributed by atoms with Gasteiger partial charge in [-0.25, -0.2) is 4.39 Å². The smallest absolute Gasteiger partial charge is 0.222 e. The molecule has 0 unspecified atom stereocenters. The highest BCUT2D eigenvalue weighted by atomic mass is 19.1. The number of aromatic nitrogens is 1. The summed E-state index contributed by atoms with van der Waals surface area (Å²) >= 11 is 0. The monoisotopic (exact) mass is 208 g/mol. The molecule has 0 saturated carbocycles. The van der Waals surface area contributed by atoms with Crippen molar-refractivity contribution in [3.05, 3.63) is 41.8 Å². The maximum atomic E-state index is 12.6. The molecular formula is C10H9FN2O2. The average Bonchev–Trinajstić information content (AvgIpc) is 2.64. The molecule has 1 aromatic heterocycles. The zero-order valence-corrected chi connectivity index (χ0v) is 7.81. The molecule has 1 heterocycles. The lowest BCUT2D eigenvalue weighted by molar-refractivity contribution is 0.290. The summed E-state index contributed by atoms with van der Waals surface area (Å²) in [5.74, 6) is 0.513. The van der Waals surface area contributed by atoms with E-state index in [1.807, 2.05) is 0 Å². The Bertz CT molecular complexity index is 439. The maximum absolute atomic E-state index is 12.6. The lowest BCUT2D eigenvalue weighted by Gasteiger charge is -2.02. The first-order valence-corrected chi connectivity index (χ1v) is 4.33. The van der Waals surface area contributed by atoms with Gasteiger partial charge in [-0.1, -0.05) is 5.16 Å². The Labute approximate surface area is 85.4 Å². The first kappa shape index (κ1) is 9.51. The van der Waals surface area contributed by atoms with Gasteiger partial charge in [-0.15, -0.1) is 0 Å². The molecule has 5 heteroatoms. The van der Waals surface area contributed by atoms with Crippen molar-refractivity contribution in [3.8, 4) is 5.75 Å². The van der Waals surface area contributed by atoms with E-state index in [0.717, 1.165) is 0 Å². The molecule has 0 amide bonds. The second-order valence-corrected chi connectivity index (χ2v) is 2.96. The molecule has 78 valence electrons. The van der Waals surface area contributed by atoms with Crippen molar-refractivity contribution >= 4 is 5.88 Å². The number of halogens is 1. The van der Waals surface area contributed by atoms with Gasteiger partial charge in [-0.3, -0.25) is 0 Å². The second-order valence-electron chi connectivity index (χ2n) is 2.96. The fourth-order valence-electron chi connectivity index (χ4n) is 1.08. The van der Waals surface area contributed by atoms with Crippen LogP contribution in [0.3, 0.4) is 0 Å². The van der Waals surface area contributed by atoms with Gasteiger partial charge >= 0.3 is 0 Å². The molecule has 15 heavy (non-hydrogen) atoms. The Balaban J connectivity index is 1.96. The van der Waals surface area contributed by atoms with Crippen LogP contribution in [0.25, 0.3) is 0 Å². The van der Waals surface area contributed by atoms with E-state index in [1.54, 1.807) is 18.2 Å². The fraction of sp³-hybridized carbons (Fsp3) is 0.100. The fourth-order valence-corrected chi connectivity index (χ4v) is 1.08. The van der Waals surface area contributed by atoms with Gasteiger partial charge < -0.3 is 15.0 Å². The highest BCUT2D eigenvalue weighted by Gasteiger charge is 2.01. The quantitative estimate of drug-likeness (QED) is 0.837. The molecular weight excluding hydrogens is 199 g/mol. The zero-order chi connectivity index (χ0) is 10.7. The van der Waals surface area contributed by atoms with Gasteiger partial charge in [-0.2, -0.15) is 0 Å². The molecule has 0 aliphatic carbocycles. The number of nitrogen functional groups attached to an aromatic ring is 1. The predicted octanol–water partition coefficient (Wildman–Crippen LogP) is 1.97. The van der Waals surface area contributed by atoms with E-state index in [-0.39, 0.29) is 18.3 Å². The van der Waals surface area contributed by atoms with Crippen LogP contribution in [0.1, 0.15) is 5.69 Å². The standard InChI is InChI=1S/C10H9FN2O2/c11-7-1-3-9(4-2-7)14-6-8-5-10(12)15-13-8/h1-5H,6,12H2. The number of benzene rings is 1. The predicted molar refractivity (Wildman–Crippen MR) is 51.6 cm³/mol. The van der Waals surface area contributed by atoms with Crippen LogP contribution in [0.4, 0.5) is 10.3 Å². The number of rotatable bonds is 3. The number of nitrogens with zero attached hydrogens (tertiary/aromatic N) is 1. The first-order valence-electron chi connectivity index (χ1n) is 4.33. The molecule has 2 rings (SSSR count). The van der Waals surface area contributed by atoms with Crippen molar-refractivity contribution in [2.24, 2.45) is 0 Å². The lowest BCUT2D eigenvalue weighted by atomic mass is 10.3. The first-order chi connectivity index (χ1) is 7.24. The normalized spacial score (nSPS) is 10.2. The Morgan fingerprint density at radius 1 is 1.33 bits per heavy atom. The molecule has 0 radical (unpaired) electrons. The van der Waals surface area contributed by atoms with Crippen LogP contribution < -0.4 is 10.5 Å². The van der Waals surface area contributed by atoms with E-state index < -0.39 is 0 Å². The number of nitrogens with two attached hydrogens (primary N) is 1. The summed E-state index contributed by atoms with van der Waals surface area (Å²) in [7, 11) is 0. The van der Waals surface area contributed by atoms with Gasteiger partial charge in [0.15, 0.2) is 0 Å². The van der Waals surface area contributed by atoms with Crippen LogP contribution in [0.5, 0.6) is 5.75 Å². The molecule has 0 aliphatic rings. The molecule has 0 atom stereocenters. The van der Waals surface area contributed by atoms with Crippen LogP contribution in [0.2, 0.25) is 0 Å². The number of hydrogen-bond donors (Lipinski definition) is 1. The Morgan fingerprint density at radius 3 is 2.67 bits per heavy atom. The average molecular weight is 208 g/mol. The Morgan fingerprint density at radius 2 is 2.07 bits per heavy atom. The van der Waals surface area contributed by atoms with Gasteiger partial charge in [0.1, 0.15) is 23.9 Å². The van der Waals surface area contributed by atoms with Gasteiger partial charge in [0.05, 0.1) is 0 Å². The van der Waals surface area contributed by atoms with Crippen molar-refractivity contribution in [2.45, 2.75) is 6.61 Å². The molecule has 2 aromatic rings. The molecule has 4 nitrogen and oxygen atoms in total. The maximum Gasteiger partial charge on any atom is 0.222 e. The summed E-state index contributed by atoms with van der Waals surface area (Å²) in [5.41, 5.74) is 5.93. The minimum absolute atomic E-state index is 0.242. The van der Waals surface area contributed by atoms with Crippen molar-refractivity contribution in [1.29, 1.82) is 0 Å². The van der Waals surface area contributed by atoms with Crippen LogP contribution in [0.15, 0.2) is 34.9 Å². The summed E-state index contributed by atoms with van der Waals surface area (Å²) < 4.78 is 22.5. The van der Waals surface area contributed by atoms with Gasteiger partial charge in [0, 0.05) is 6.07 Å². The molecule has 2 N–H and O–H groups in total. The van der Waals surface area contributed by atoms with Crippen molar-refractivity contribution in [3.63, 3.8) is 0 Å². The van der Waals surface area contributed by atoms with Gasteiger partial charge in [0.2, 0.25) is 5.88 Å². The van der Waals surface area contributed by atoms with E-state index >= 15 is 0 Å². The van der Waals surface area contributed by atoms with Crippen LogP contribution in [-0.2, 0) is 6.61 Å². The Kier molecular flexibility index (Phi) is 2.53. The summed E-state index contributed by atoms with van der Waals surface area (Å²) in [6.07, 6.45) is 0. The van der Waals surface area contributed by atoms with E-state index in [1.165, 1.54) is 12.1 Å². The number of ether oxygens (including phenoxy) is 1. The van der Waals surface area contributed by atoms with E-state index in [2.05, 4.69) is 9.68 Å². The summed E-state index contributed by atoms with van der Waals surface area (Å²) in [4.78, 5) is 0. The highest BCUT2D eigenvalue weighted by molar-refractivity contribution is 5.25. The van der Waals surface area contributed by atoms with Crippen LogP contribution in [0, 0.1) is 5.82 Å². The highest BCUT2D eigenvalue weighted by Crippen LogP contribution is 2.13. The molecule has 0 saturated heterocycles. The van der Waals surface area contributed by atoms with Gasteiger partial charge in [-0.05, 0) is 24.3 Å². The molecule has 0 fully saturated rings. The summed E-state index contributed by atoms with van der Waals surface area (Å²) in [6, 6.07) is 7.31. The minimum atomic E-state index is -0.298. The largest absolute Gasteiger partial charge is 0.487 e. The molecule has 0 aliphatic heterocycles. The molecule has 0 spiro atoms. The third kappa shape index (κ3) is 2.46. The number of hydrogen-bond acceptors (Lipinski definition) is 4. The summed E-state index contributed by atoms with van der Waals surface area (Å²) in [5, 5.41) is 3.65. The zero-order valence-electron chi connectivity index (χ0n) is 7.81. The minimum Gasteiger partial charge on any atom is -0.487 e. The lowest BCUT2D eigenvalue weighted by Crippen LogP contribution is -1.95. The SMILES string of the molecule is Nc1cc(COc2ccc(F)cc2)no1. The van der Waals surface area contributed by atoms with E-state index in [4.69, 9.17) is 10.5 Å². The van der Waals surface area contributed by atoms with E-state index in [0.29, 0.717) is 11.4 Å². The van der Waals surface area contributed by atoms with E-state index in [9.17, 15) is 4.39 Å². The third-order valence-electron chi connectivity index (χ3n) is 1.78. The van der Waals surface area contributed by atoms with Crippen molar-refractivity contribution < 1.29 is 13.7 Å². The van der Waals surface area contributed by atoms with Crippen molar-refractivity contribution in [1.82, 2.24) is 5.16 Å². The second kappa shape index (κ2) is 4.00. The number of anilines is 1. The summed E-state index contributed by atoms with van der Waals surface area (Å²) in [6.45, 7) is 0.242. The third-order valence-corrected chi connectivity index (χ3v) is 1.78. The Hall–Kier alpha value is -2.04. The van der Waals surface area contributed by atoms with Crippen LogP contribution in [-0.4, -0.2) is 5.16 Å².